The molecule has 2 nitrogen and oxygen atoms in total. The number of rotatable bonds is 6. The lowest BCUT2D eigenvalue weighted by Crippen LogP contribution is -3.26. The van der Waals surface area contributed by atoms with Crippen molar-refractivity contribution in [1.82, 2.24) is 0 Å². The van der Waals surface area contributed by atoms with Gasteiger partial charge in [-0.2, -0.15) is 0 Å². The molecule has 0 saturated carbocycles. The van der Waals surface area contributed by atoms with Crippen LogP contribution in [0.1, 0.15) is 53.4 Å². The molecule has 3 rings (SSSR count). The van der Waals surface area contributed by atoms with Crippen molar-refractivity contribution in [3.8, 4) is 0 Å². The van der Waals surface area contributed by atoms with Gasteiger partial charge in [-0.15, -0.1) is 6.32 Å². The summed E-state index contributed by atoms with van der Waals surface area (Å²) in [7, 11) is 0. The maximum absolute atomic E-state index is 14.8. The molecule has 206 valence electrons. The van der Waals surface area contributed by atoms with E-state index < -0.39 is 81.8 Å². The first-order chi connectivity index (χ1) is 16.9. The molecular formula is C24H26BF10NO. The number of nitrogens with one attached hydrogen (secondary N) is 1. The largest absolute Gasteiger partial charge is 0.597 e. The average Bonchev–Trinajstić information content (AvgIpc) is 2.80. The van der Waals surface area contributed by atoms with E-state index in [2.05, 4.69) is 0 Å². The lowest BCUT2D eigenvalue weighted by atomic mass is 9.29. The van der Waals surface area contributed by atoms with E-state index in [0.29, 0.717) is 0 Å². The molecule has 2 aromatic rings. The van der Waals surface area contributed by atoms with Crippen molar-refractivity contribution in [3.05, 3.63) is 58.2 Å². The van der Waals surface area contributed by atoms with Crippen molar-refractivity contribution in [1.29, 1.82) is 0 Å². The molecule has 0 atom stereocenters. The minimum atomic E-state index is -4.72. The first-order valence-corrected chi connectivity index (χ1v) is 11.7. The SMILES string of the molecule is CC1(C)CCCC(C)(C)[NH+]1CCC[B-](O)(c1c(F)c(F)c(F)c(F)c1F)c1c(F)c(F)c(F)c(F)c1F. The number of likely N-dealkylation sites (tertiary alicyclic amines) is 1. The van der Waals surface area contributed by atoms with Crippen LogP contribution in [0.3, 0.4) is 0 Å². The van der Waals surface area contributed by atoms with E-state index in [1.165, 1.54) is 0 Å². The van der Waals surface area contributed by atoms with Crippen molar-refractivity contribution in [2.75, 3.05) is 6.54 Å². The van der Waals surface area contributed by atoms with Gasteiger partial charge >= 0.3 is 0 Å². The van der Waals surface area contributed by atoms with Crippen molar-refractivity contribution in [3.63, 3.8) is 0 Å². The molecule has 0 radical (unpaired) electrons. The van der Waals surface area contributed by atoms with Gasteiger partial charge in [0, 0.05) is 12.8 Å². The molecule has 0 amide bonds. The molecule has 13 heteroatoms. The van der Waals surface area contributed by atoms with Gasteiger partial charge in [-0.3, -0.25) is 0 Å². The summed E-state index contributed by atoms with van der Waals surface area (Å²) in [4.78, 5) is 0.916. The highest BCUT2D eigenvalue weighted by Gasteiger charge is 2.46. The number of hydrogen-bond donors (Lipinski definition) is 2. The summed E-state index contributed by atoms with van der Waals surface area (Å²) in [5.74, 6) is -25.9. The number of hydrogen-bond acceptors (Lipinski definition) is 1. The zero-order valence-corrected chi connectivity index (χ0v) is 20.5. The van der Waals surface area contributed by atoms with Crippen LogP contribution in [0.5, 0.6) is 0 Å². The summed E-state index contributed by atoms with van der Waals surface area (Å²) >= 11 is 0. The van der Waals surface area contributed by atoms with Gasteiger partial charge in [-0.05, 0) is 40.5 Å². The second-order valence-electron chi connectivity index (χ2n) is 11.0. The molecule has 2 N–H and O–H groups in total. The third-order valence-electron chi connectivity index (χ3n) is 7.73. The molecule has 0 aromatic heterocycles. The van der Waals surface area contributed by atoms with Gasteiger partial charge in [0.15, 0.2) is 41.3 Å². The summed E-state index contributed by atoms with van der Waals surface area (Å²) in [6.07, 6.45) is -3.70. The van der Waals surface area contributed by atoms with Crippen molar-refractivity contribution in [2.45, 2.75) is 70.8 Å². The molecule has 0 unspecified atom stereocenters. The number of benzene rings is 2. The summed E-state index contributed by atoms with van der Waals surface area (Å²) < 4.78 is 143. The zero-order valence-electron chi connectivity index (χ0n) is 20.5. The fourth-order valence-electron chi connectivity index (χ4n) is 5.96. The Kier molecular flexibility index (Phi) is 7.75. The summed E-state index contributed by atoms with van der Waals surface area (Å²) in [5.41, 5.74) is -4.82. The number of quaternary nitrogens is 1. The maximum atomic E-state index is 14.8. The third kappa shape index (κ3) is 4.73. The van der Waals surface area contributed by atoms with Crippen LogP contribution in [0.25, 0.3) is 0 Å². The molecule has 0 aliphatic carbocycles. The number of piperidine rings is 1. The minimum Gasteiger partial charge on any atom is -0.597 e. The van der Waals surface area contributed by atoms with E-state index in [1.54, 1.807) is 0 Å². The highest BCUT2D eigenvalue weighted by Crippen LogP contribution is 2.27. The maximum Gasteiger partial charge on any atom is 0.200 e. The standard InChI is InChI=1S/C24H25BF10NO/c1-23(2)7-5-8-24(3,4)36(23)10-6-9-25(37,11-13(26)17(30)21(34)18(31)14(11)27)12-15(28)19(32)22(35)20(33)16(12)29/h37H,5-10H2,1-4H3/q-1/p+1. The average molecular weight is 545 g/mol. The van der Waals surface area contributed by atoms with Gasteiger partial charge in [0.05, 0.1) is 17.6 Å². The Morgan fingerprint density at radius 2 is 0.892 bits per heavy atom. The fraction of sp³-hybridized carbons (Fsp3) is 0.500. The Labute approximate surface area is 207 Å². The fourth-order valence-corrected chi connectivity index (χ4v) is 5.96. The van der Waals surface area contributed by atoms with Gasteiger partial charge in [0.2, 0.25) is 0 Å². The first kappa shape index (κ1) is 29.3. The second-order valence-corrected chi connectivity index (χ2v) is 11.0. The van der Waals surface area contributed by atoms with Crippen LogP contribution in [0.4, 0.5) is 43.9 Å². The van der Waals surface area contributed by atoms with Gasteiger partial charge in [-0.1, -0.05) is 10.9 Å². The van der Waals surface area contributed by atoms with Gasteiger partial charge < -0.3 is 9.92 Å². The van der Waals surface area contributed by atoms with E-state index in [-0.39, 0.29) is 24.0 Å². The molecule has 2 aromatic carbocycles. The van der Waals surface area contributed by atoms with E-state index >= 15 is 0 Å². The lowest BCUT2D eigenvalue weighted by molar-refractivity contribution is -0.999. The first-order valence-electron chi connectivity index (χ1n) is 11.7. The molecular weight excluding hydrogens is 519 g/mol. The predicted octanol–water partition coefficient (Wildman–Crippen LogP) is 4.15. The van der Waals surface area contributed by atoms with E-state index in [4.69, 9.17) is 0 Å². The van der Waals surface area contributed by atoms with Crippen LogP contribution in [-0.4, -0.2) is 29.0 Å². The second kappa shape index (κ2) is 9.79. The molecule has 1 saturated heterocycles. The highest BCUT2D eigenvalue weighted by atomic mass is 19.2. The molecule has 0 bridgehead atoms. The van der Waals surface area contributed by atoms with Crippen LogP contribution >= 0.6 is 0 Å². The molecule has 37 heavy (non-hydrogen) atoms. The monoisotopic (exact) mass is 545 g/mol. The molecule has 1 aliphatic heterocycles. The van der Waals surface area contributed by atoms with E-state index in [0.717, 1.165) is 24.2 Å². The molecule has 1 aliphatic rings. The normalized spacial score (nSPS) is 17.9. The van der Waals surface area contributed by atoms with Crippen molar-refractivity contribution >= 4 is 17.3 Å². The molecule has 0 spiro atoms. The summed E-state index contributed by atoms with van der Waals surface area (Å²) in [6, 6.07) is 0. The van der Waals surface area contributed by atoms with E-state index in [9.17, 15) is 48.9 Å². The Morgan fingerprint density at radius 1 is 0.595 bits per heavy atom. The smallest absolute Gasteiger partial charge is 0.200 e. The Balaban J connectivity index is 2.22. The predicted molar refractivity (Wildman–Crippen MR) is 117 cm³/mol. The van der Waals surface area contributed by atoms with Crippen molar-refractivity contribution in [2.24, 2.45) is 0 Å². The van der Waals surface area contributed by atoms with Crippen LogP contribution in [-0.2, 0) is 0 Å². The highest BCUT2D eigenvalue weighted by molar-refractivity contribution is 6.96. The van der Waals surface area contributed by atoms with Gasteiger partial charge in [-0.25, -0.2) is 43.9 Å². The summed E-state index contributed by atoms with van der Waals surface area (Å²) in [5, 5.41) is 11.3. The molecule has 1 heterocycles. The van der Waals surface area contributed by atoms with Gasteiger partial charge in [0.25, 0.3) is 0 Å². The Morgan fingerprint density at radius 3 is 1.22 bits per heavy atom. The zero-order chi connectivity index (χ0) is 28.2. The van der Waals surface area contributed by atoms with Crippen LogP contribution in [0.15, 0.2) is 0 Å². The Hall–Kier alpha value is -2.28. The quantitative estimate of drug-likeness (QED) is 0.243. The lowest BCUT2D eigenvalue weighted by Gasteiger charge is -2.50. The van der Waals surface area contributed by atoms with Crippen LogP contribution in [0.2, 0.25) is 6.32 Å². The van der Waals surface area contributed by atoms with Crippen LogP contribution in [0, 0.1) is 58.2 Å². The van der Waals surface area contributed by atoms with Crippen LogP contribution < -0.4 is 15.8 Å². The molecule has 1 fully saturated rings. The minimum absolute atomic E-state index is 0.0921. The van der Waals surface area contributed by atoms with Crippen molar-refractivity contribution < 1.29 is 53.8 Å². The summed E-state index contributed by atoms with van der Waals surface area (Å²) in [6.45, 7) is 7.79. The van der Waals surface area contributed by atoms with E-state index in [1.807, 2.05) is 27.7 Å². The third-order valence-corrected chi connectivity index (χ3v) is 7.73. The van der Waals surface area contributed by atoms with Gasteiger partial charge in [0.1, 0.15) is 23.3 Å². The number of halogens is 10. The topological polar surface area (TPSA) is 24.7 Å². The Bertz CT molecular complexity index is 1090.